The highest BCUT2D eigenvalue weighted by molar-refractivity contribution is 5.66. The van der Waals surface area contributed by atoms with E-state index >= 15 is 0 Å². The van der Waals surface area contributed by atoms with E-state index in [-0.39, 0.29) is 12.5 Å². The Labute approximate surface area is 132 Å². The first-order valence-corrected chi connectivity index (χ1v) is 8.38. The van der Waals surface area contributed by atoms with Crippen LogP contribution in [0.1, 0.15) is 31.2 Å². The maximum absolute atomic E-state index is 10.9. The normalized spacial score (nSPS) is 27.2. The summed E-state index contributed by atoms with van der Waals surface area (Å²) in [6.07, 6.45) is 9.21. The standard InChI is InChI=1S/C19H25NO2/c21-19(22)9-8-18(12-14-4-2-1-3-5-14)20-13-17-11-15-6-7-16(17)10-15/h1-7,15-18,20H,8-13H2,(H,21,22). The summed E-state index contributed by atoms with van der Waals surface area (Å²) in [4.78, 5) is 10.9. The van der Waals surface area contributed by atoms with Crippen LogP contribution in [-0.4, -0.2) is 23.7 Å². The summed E-state index contributed by atoms with van der Waals surface area (Å²) < 4.78 is 0. The van der Waals surface area contributed by atoms with E-state index in [1.165, 1.54) is 18.4 Å². The zero-order chi connectivity index (χ0) is 15.4. The number of hydrogen-bond donors (Lipinski definition) is 2. The van der Waals surface area contributed by atoms with Crippen LogP contribution < -0.4 is 5.32 Å². The minimum Gasteiger partial charge on any atom is -0.481 e. The second-order valence-electron chi connectivity index (χ2n) is 6.77. The molecule has 4 unspecified atom stereocenters. The van der Waals surface area contributed by atoms with Gasteiger partial charge in [-0.1, -0.05) is 42.5 Å². The van der Waals surface area contributed by atoms with Gasteiger partial charge in [-0.2, -0.15) is 0 Å². The summed E-state index contributed by atoms with van der Waals surface area (Å²) in [6.45, 7) is 1.02. The molecule has 1 aromatic carbocycles. The molecule has 0 spiro atoms. The number of fused-ring (bicyclic) bond motifs is 2. The summed E-state index contributed by atoms with van der Waals surface area (Å²) >= 11 is 0. The van der Waals surface area contributed by atoms with Crippen molar-refractivity contribution in [3.63, 3.8) is 0 Å². The van der Waals surface area contributed by atoms with Gasteiger partial charge in [-0.15, -0.1) is 0 Å². The summed E-state index contributed by atoms with van der Waals surface area (Å²) in [7, 11) is 0. The van der Waals surface area contributed by atoms with E-state index in [2.05, 4.69) is 29.6 Å². The molecule has 0 amide bonds. The molecule has 4 atom stereocenters. The van der Waals surface area contributed by atoms with Crippen molar-refractivity contribution in [1.82, 2.24) is 5.32 Å². The van der Waals surface area contributed by atoms with E-state index in [4.69, 9.17) is 5.11 Å². The molecule has 2 N–H and O–H groups in total. The van der Waals surface area contributed by atoms with Gasteiger partial charge in [0.2, 0.25) is 0 Å². The maximum atomic E-state index is 10.9. The second-order valence-corrected chi connectivity index (χ2v) is 6.77. The van der Waals surface area contributed by atoms with Crippen molar-refractivity contribution in [3.8, 4) is 0 Å². The number of carboxylic acids is 1. The first-order valence-electron chi connectivity index (χ1n) is 8.38. The Bertz CT molecular complexity index is 525. The molecule has 2 aliphatic rings. The quantitative estimate of drug-likeness (QED) is 0.724. The topological polar surface area (TPSA) is 49.3 Å². The van der Waals surface area contributed by atoms with E-state index < -0.39 is 5.97 Å². The molecule has 118 valence electrons. The maximum Gasteiger partial charge on any atom is 0.303 e. The van der Waals surface area contributed by atoms with Crippen LogP contribution in [0.25, 0.3) is 0 Å². The van der Waals surface area contributed by atoms with Crippen LogP contribution in [-0.2, 0) is 11.2 Å². The average molecular weight is 299 g/mol. The van der Waals surface area contributed by atoms with Crippen molar-refractivity contribution < 1.29 is 9.90 Å². The highest BCUT2D eigenvalue weighted by Gasteiger charge is 2.35. The van der Waals surface area contributed by atoms with E-state index in [1.54, 1.807) is 0 Å². The number of aliphatic carboxylic acids is 1. The number of nitrogens with one attached hydrogen (secondary N) is 1. The Hall–Kier alpha value is -1.61. The lowest BCUT2D eigenvalue weighted by Crippen LogP contribution is -2.36. The monoisotopic (exact) mass is 299 g/mol. The van der Waals surface area contributed by atoms with Crippen LogP contribution in [0.15, 0.2) is 42.5 Å². The number of benzene rings is 1. The minimum atomic E-state index is -0.706. The molecule has 0 aliphatic heterocycles. The average Bonchev–Trinajstić information content (AvgIpc) is 3.13. The third-order valence-electron chi connectivity index (χ3n) is 5.12. The van der Waals surface area contributed by atoms with Crippen molar-refractivity contribution >= 4 is 5.97 Å². The summed E-state index contributed by atoms with van der Waals surface area (Å²) in [6, 6.07) is 10.6. The van der Waals surface area contributed by atoms with Gasteiger partial charge in [-0.25, -0.2) is 0 Å². The molecule has 0 saturated heterocycles. The van der Waals surface area contributed by atoms with Crippen molar-refractivity contribution in [2.45, 2.75) is 38.1 Å². The Morgan fingerprint density at radius 2 is 2.05 bits per heavy atom. The van der Waals surface area contributed by atoms with E-state index in [1.807, 2.05) is 18.2 Å². The largest absolute Gasteiger partial charge is 0.481 e. The fraction of sp³-hybridized carbons (Fsp3) is 0.526. The third kappa shape index (κ3) is 3.98. The number of rotatable bonds is 8. The zero-order valence-electron chi connectivity index (χ0n) is 12.9. The van der Waals surface area contributed by atoms with Crippen LogP contribution >= 0.6 is 0 Å². The van der Waals surface area contributed by atoms with Crippen molar-refractivity contribution in [1.29, 1.82) is 0 Å². The fourth-order valence-corrected chi connectivity index (χ4v) is 3.92. The molecule has 3 nitrogen and oxygen atoms in total. The highest BCUT2D eigenvalue weighted by Crippen LogP contribution is 2.43. The van der Waals surface area contributed by atoms with E-state index in [0.29, 0.717) is 6.42 Å². The SMILES string of the molecule is O=C(O)CCC(Cc1ccccc1)NCC1CC2C=CC1C2. The molecule has 3 heteroatoms. The lowest BCUT2D eigenvalue weighted by molar-refractivity contribution is -0.137. The van der Waals surface area contributed by atoms with Crippen molar-refractivity contribution in [3.05, 3.63) is 48.0 Å². The van der Waals surface area contributed by atoms with Crippen molar-refractivity contribution in [2.75, 3.05) is 6.54 Å². The molecular weight excluding hydrogens is 274 g/mol. The van der Waals surface area contributed by atoms with Gasteiger partial charge < -0.3 is 10.4 Å². The smallest absolute Gasteiger partial charge is 0.303 e. The first-order chi connectivity index (χ1) is 10.7. The molecule has 1 saturated carbocycles. The minimum absolute atomic E-state index is 0.237. The first kappa shape index (κ1) is 15.3. The fourth-order valence-electron chi connectivity index (χ4n) is 3.92. The Morgan fingerprint density at radius 1 is 1.23 bits per heavy atom. The molecule has 3 rings (SSSR count). The van der Waals surface area contributed by atoms with Gasteiger partial charge in [-0.05, 0) is 55.5 Å². The number of carboxylic acid groups (broad SMARTS) is 1. The summed E-state index contributed by atoms with van der Waals surface area (Å²) in [5, 5.41) is 12.6. The third-order valence-corrected chi connectivity index (χ3v) is 5.12. The van der Waals surface area contributed by atoms with E-state index in [9.17, 15) is 4.79 Å². The number of allylic oxidation sites excluding steroid dienone is 2. The van der Waals surface area contributed by atoms with Gasteiger partial charge in [-0.3, -0.25) is 4.79 Å². The van der Waals surface area contributed by atoms with Crippen LogP contribution in [0.5, 0.6) is 0 Å². The molecule has 22 heavy (non-hydrogen) atoms. The predicted molar refractivity (Wildman–Crippen MR) is 87.7 cm³/mol. The predicted octanol–water partition coefficient (Wildman–Crippen LogP) is 3.26. The zero-order valence-corrected chi connectivity index (χ0v) is 12.9. The highest BCUT2D eigenvalue weighted by atomic mass is 16.4. The van der Waals surface area contributed by atoms with Crippen LogP contribution in [0.3, 0.4) is 0 Å². The molecule has 2 aliphatic carbocycles. The molecule has 1 aromatic rings. The van der Waals surface area contributed by atoms with Gasteiger partial charge in [0.05, 0.1) is 0 Å². The van der Waals surface area contributed by atoms with Gasteiger partial charge in [0.15, 0.2) is 0 Å². The molecule has 0 radical (unpaired) electrons. The Morgan fingerprint density at radius 3 is 2.68 bits per heavy atom. The van der Waals surface area contributed by atoms with Crippen LogP contribution in [0, 0.1) is 17.8 Å². The lowest BCUT2D eigenvalue weighted by Gasteiger charge is -2.24. The van der Waals surface area contributed by atoms with Crippen molar-refractivity contribution in [2.24, 2.45) is 17.8 Å². The van der Waals surface area contributed by atoms with Gasteiger partial charge in [0, 0.05) is 12.5 Å². The van der Waals surface area contributed by atoms with Gasteiger partial charge >= 0.3 is 5.97 Å². The van der Waals surface area contributed by atoms with Crippen LogP contribution in [0.4, 0.5) is 0 Å². The second kappa shape index (κ2) is 7.10. The van der Waals surface area contributed by atoms with E-state index in [0.717, 1.165) is 30.7 Å². The summed E-state index contributed by atoms with van der Waals surface area (Å²) in [5.74, 6) is 1.57. The van der Waals surface area contributed by atoms with Gasteiger partial charge in [0.25, 0.3) is 0 Å². The molecule has 0 heterocycles. The Kier molecular flexibility index (Phi) is 4.94. The molecule has 2 bridgehead atoms. The number of hydrogen-bond acceptors (Lipinski definition) is 2. The molecular formula is C19H25NO2. The Balaban J connectivity index is 1.53. The van der Waals surface area contributed by atoms with Gasteiger partial charge in [0.1, 0.15) is 0 Å². The van der Waals surface area contributed by atoms with Crippen LogP contribution in [0.2, 0.25) is 0 Å². The summed E-state index contributed by atoms with van der Waals surface area (Å²) in [5.41, 5.74) is 1.28. The molecule has 0 aromatic heterocycles. The lowest BCUT2D eigenvalue weighted by atomic mass is 9.92. The molecule has 1 fully saturated rings. The number of carbonyl (C=O) groups is 1.